The summed E-state index contributed by atoms with van der Waals surface area (Å²) in [7, 11) is 0. The molecule has 0 unspecified atom stereocenters. The van der Waals surface area contributed by atoms with Crippen molar-refractivity contribution in [3.8, 4) is 34.9 Å². The molecule has 6 N–H and O–H groups in total. The third-order valence-electron chi connectivity index (χ3n) is 17.4. The molecule has 528 valence electrons. The second-order valence-electron chi connectivity index (χ2n) is 24.0. The number of fused-ring (bicyclic) bond motifs is 6. The van der Waals surface area contributed by atoms with E-state index in [4.69, 9.17) is 51.6 Å². The molecule has 3 aliphatic rings. The van der Waals surface area contributed by atoms with Gasteiger partial charge in [0.05, 0.1) is 56.0 Å². The average molecular weight is 1450 g/mol. The lowest BCUT2D eigenvalue weighted by molar-refractivity contribution is -0.0174. The van der Waals surface area contributed by atoms with Crippen molar-refractivity contribution < 1.29 is 71.3 Å². The third-order valence-corrected chi connectivity index (χ3v) is 18.0. The Morgan fingerprint density at radius 2 is 0.750 bits per heavy atom. The molecule has 29 heteroatoms. The van der Waals surface area contributed by atoms with Gasteiger partial charge in [0.25, 0.3) is 17.7 Å². The Hall–Kier alpha value is -12.1. The number of hydrogen-bond donors (Lipinski definition) is 6. The van der Waals surface area contributed by atoms with Gasteiger partial charge in [-0.2, -0.15) is 0 Å². The van der Waals surface area contributed by atoms with Crippen molar-refractivity contribution in [1.29, 1.82) is 0 Å². The lowest BCUT2D eigenvalue weighted by atomic mass is 10.1. The van der Waals surface area contributed by atoms with E-state index in [2.05, 4.69) is 31.5 Å². The Morgan fingerprint density at radius 3 is 1.09 bits per heavy atom. The number of carbonyl (C=O) groups excluding carboxylic acids is 3. The highest BCUT2D eigenvalue weighted by molar-refractivity contribution is 6.33. The Kier molecular flexibility index (Phi) is 21.0. The van der Waals surface area contributed by atoms with E-state index in [1.54, 1.807) is 54.6 Å². The lowest BCUT2D eigenvalue weighted by Crippen LogP contribution is -2.23. The zero-order valence-corrected chi connectivity index (χ0v) is 56.0. The Balaban J connectivity index is 0.000000139. The molecule has 0 radical (unpaired) electrons. The van der Waals surface area contributed by atoms with E-state index in [1.807, 2.05) is 60.7 Å². The molecule has 0 fully saturated rings. The minimum atomic E-state index is -0.498. The molecule has 3 aromatic heterocycles. The van der Waals surface area contributed by atoms with Crippen molar-refractivity contribution in [2.75, 3.05) is 20.4 Å². The minimum Gasteiger partial charge on any atom is -0.493 e. The van der Waals surface area contributed by atoms with Crippen LogP contribution >= 0.6 is 23.2 Å². The second kappa shape index (κ2) is 31.0. The van der Waals surface area contributed by atoms with Crippen molar-refractivity contribution >= 4 is 90.7 Å². The van der Waals surface area contributed by atoms with Gasteiger partial charge in [-0.15, -0.1) is 14.7 Å². The molecular formula is C75H58Cl2F3N9O15. The van der Waals surface area contributed by atoms with Crippen molar-refractivity contribution in [1.82, 2.24) is 29.7 Å². The number of nitroso groups, excluding NO2 is 3. The Morgan fingerprint density at radius 1 is 0.413 bits per heavy atom. The summed E-state index contributed by atoms with van der Waals surface area (Å²) in [4.78, 5) is 72.9. The SMILES string of the molecule is O=Nc1c(O)n(Cc2cc(F)cc3c2OCOC3)c2cc(C(=O)NCc3cc(Cl)ccc3Cl)ccc12.O=Nc1c(O)n(Cc2cc(F)cc3c2OCOC3)c2cc(C(=O)NCc3ccccc3)ccc12.O=Nc1c(O)n(Cc2cc(F)cc3c2OCOC3)c2cc(C(=O)NCc3ccccc3)ccc12. The molecule has 9 aromatic carbocycles. The number of carbonyl (C=O) groups is 3. The number of amides is 3. The number of rotatable bonds is 18. The highest BCUT2D eigenvalue weighted by Crippen LogP contribution is 2.45. The van der Waals surface area contributed by atoms with Gasteiger partial charge in [-0.1, -0.05) is 83.9 Å². The monoisotopic (exact) mass is 1450 g/mol. The van der Waals surface area contributed by atoms with Crippen molar-refractivity contribution in [2.45, 2.75) is 59.1 Å². The normalized spacial score (nSPS) is 12.7. The van der Waals surface area contributed by atoms with Gasteiger partial charge < -0.3 is 73.4 Å². The molecule has 104 heavy (non-hydrogen) atoms. The number of aromatic nitrogens is 3. The van der Waals surface area contributed by atoms with E-state index in [0.29, 0.717) is 123 Å². The maximum atomic E-state index is 14.3. The van der Waals surface area contributed by atoms with Crippen molar-refractivity contribution in [3.63, 3.8) is 0 Å². The Bertz CT molecular complexity index is 5150. The van der Waals surface area contributed by atoms with Gasteiger partial charge in [-0.05, 0) is 141 Å². The average Bonchev–Trinajstić information content (AvgIpc) is 1.67. The molecular weight excluding hydrogens is 1390 g/mol. The summed E-state index contributed by atoms with van der Waals surface area (Å²) in [5.41, 5.74) is 7.15. The zero-order chi connectivity index (χ0) is 72.7. The quantitative estimate of drug-likeness (QED) is 0.0435. The summed E-state index contributed by atoms with van der Waals surface area (Å²) >= 11 is 12.2. The first-order valence-electron chi connectivity index (χ1n) is 31.9. The summed E-state index contributed by atoms with van der Waals surface area (Å²) in [5, 5.41) is 51.7. The van der Waals surface area contributed by atoms with Crippen LogP contribution in [-0.2, 0) is 73.3 Å². The summed E-state index contributed by atoms with van der Waals surface area (Å²) < 4.78 is 79.3. The molecule has 15 rings (SSSR count). The van der Waals surface area contributed by atoms with Gasteiger partial charge >= 0.3 is 0 Å². The molecule has 0 atom stereocenters. The lowest BCUT2D eigenvalue weighted by Gasteiger charge is -2.21. The standard InChI is InChI=1S/C25H18Cl2FN3O5.2C25H20FN3O5/c26-17-2-4-20(27)14(5-17)9-29-24(32)13-1-3-19-21(8-13)31(25(33)22(19)30-34)10-15-6-18(28)7-16-11-35-12-36-23(15)16;2*26-19-8-17(23-18(9-19)13-33-14-34-23)12-29-21-10-16(6-7-20(21)22(28-32)25(29)31)24(30)27-11-15-4-2-1-3-5-15/h1-8,33H,9-12H2,(H,29,32);2*1-10,31H,11-14H2,(H,27,30). The molecule has 3 aliphatic heterocycles. The summed E-state index contributed by atoms with van der Waals surface area (Å²) in [6, 6.07) is 45.7. The Labute approximate surface area is 597 Å². The fourth-order valence-corrected chi connectivity index (χ4v) is 12.9. The number of nitrogens with zero attached hydrogens (tertiary/aromatic N) is 6. The fraction of sp³-hybridized carbons (Fsp3) is 0.160. The molecule has 12 aromatic rings. The predicted octanol–water partition coefficient (Wildman–Crippen LogP) is 15.5. The van der Waals surface area contributed by atoms with Gasteiger partial charge in [0.15, 0.2) is 37.4 Å². The second-order valence-corrected chi connectivity index (χ2v) is 24.8. The number of nitrogens with one attached hydrogen (secondary N) is 3. The van der Waals surface area contributed by atoms with Crippen LogP contribution in [0.4, 0.5) is 30.2 Å². The highest BCUT2D eigenvalue weighted by atomic mass is 35.5. The van der Waals surface area contributed by atoms with E-state index in [0.717, 1.165) is 11.1 Å². The molecule has 0 bridgehead atoms. The van der Waals surface area contributed by atoms with Crippen molar-refractivity contribution in [2.24, 2.45) is 15.5 Å². The van der Waals surface area contributed by atoms with Gasteiger partial charge in [0, 0.05) is 95.9 Å². The van der Waals surface area contributed by atoms with Crippen LogP contribution in [-0.4, -0.2) is 67.1 Å². The van der Waals surface area contributed by atoms with Gasteiger partial charge in [-0.3, -0.25) is 14.4 Å². The number of hydrogen-bond acceptors (Lipinski definition) is 18. The van der Waals surface area contributed by atoms with Crippen molar-refractivity contribution in [3.05, 3.63) is 279 Å². The maximum absolute atomic E-state index is 14.3. The van der Waals surface area contributed by atoms with Gasteiger partial charge in [-0.25, -0.2) is 13.2 Å². The van der Waals surface area contributed by atoms with Crippen LogP contribution < -0.4 is 30.2 Å². The minimum absolute atomic E-state index is 0.00610. The largest absolute Gasteiger partial charge is 0.493 e. The topological polar surface area (TPSA) is 306 Å². The number of halogens is 5. The molecule has 0 saturated carbocycles. The van der Waals surface area contributed by atoms with E-state index >= 15 is 0 Å². The summed E-state index contributed by atoms with van der Waals surface area (Å²) in [6.45, 7) is 1.41. The first kappa shape index (κ1) is 70.3. The highest BCUT2D eigenvalue weighted by Gasteiger charge is 2.28. The maximum Gasteiger partial charge on any atom is 0.251 e. The van der Waals surface area contributed by atoms with E-state index in [1.165, 1.54) is 68.3 Å². The first-order chi connectivity index (χ1) is 50.4. The molecule has 6 heterocycles. The zero-order valence-electron chi connectivity index (χ0n) is 54.5. The third kappa shape index (κ3) is 14.9. The smallest absolute Gasteiger partial charge is 0.251 e. The number of aromatic hydroxyl groups is 3. The molecule has 3 amide bonds. The number of ether oxygens (including phenoxy) is 6. The van der Waals surface area contributed by atoms with Crippen LogP contribution in [0, 0.1) is 32.2 Å². The van der Waals surface area contributed by atoms with Crippen LogP contribution in [0.15, 0.2) is 185 Å². The van der Waals surface area contributed by atoms with Crippen LogP contribution in [0.1, 0.15) is 81.1 Å². The van der Waals surface area contributed by atoms with Crippen LogP contribution in [0.3, 0.4) is 0 Å². The van der Waals surface area contributed by atoms with Crippen LogP contribution in [0.2, 0.25) is 10.0 Å². The summed E-state index contributed by atoms with van der Waals surface area (Å²) in [5.74, 6) is -2.30. The molecule has 0 aliphatic carbocycles. The fourth-order valence-electron chi connectivity index (χ4n) is 12.5. The van der Waals surface area contributed by atoms with E-state index in [-0.39, 0.29) is 113 Å². The first-order valence-corrected chi connectivity index (χ1v) is 32.7. The molecule has 0 spiro atoms. The van der Waals surface area contributed by atoms with E-state index in [9.17, 15) is 57.6 Å². The number of benzene rings is 9. The van der Waals surface area contributed by atoms with Crippen LogP contribution in [0.25, 0.3) is 32.7 Å². The molecule has 24 nitrogen and oxygen atoms in total. The molecule has 0 saturated heterocycles. The van der Waals surface area contributed by atoms with E-state index < -0.39 is 29.2 Å². The predicted molar refractivity (Wildman–Crippen MR) is 377 cm³/mol. The van der Waals surface area contributed by atoms with Gasteiger partial charge in [0.2, 0.25) is 17.6 Å². The van der Waals surface area contributed by atoms with Gasteiger partial charge in [0.1, 0.15) is 34.7 Å². The summed E-state index contributed by atoms with van der Waals surface area (Å²) in [6.07, 6.45) is 0. The van der Waals surface area contributed by atoms with Crippen LogP contribution in [0.5, 0.6) is 34.9 Å².